The average molecular weight is 502 g/mol. The Bertz CT molecular complexity index is 1360. The number of hydrogen-bond donors (Lipinski definition) is 2. The van der Waals surface area contributed by atoms with E-state index in [0.29, 0.717) is 10.8 Å². The van der Waals surface area contributed by atoms with E-state index in [0.717, 1.165) is 22.8 Å². The molecule has 9 heteroatoms. The van der Waals surface area contributed by atoms with Gasteiger partial charge in [0.05, 0.1) is 11.7 Å². The lowest BCUT2D eigenvalue weighted by molar-refractivity contribution is -0.119. The highest BCUT2D eigenvalue weighted by atomic mass is 32.1. The number of ether oxygens (including phenoxy) is 1. The number of rotatable bonds is 7. The average Bonchev–Trinajstić information content (AvgIpc) is 3.50. The minimum atomic E-state index is -0.290. The molecule has 2 atom stereocenters. The quantitative estimate of drug-likeness (QED) is 0.356. The van der Waals surface area contributed by atoms with E-state index < -0.39 is 0 Å². The number of aromatic nitrogens is 2. The lowest BCUT2D eigenvalue weighted by Crippen LogP contribution is -2.30. The first kappa shape index (κ1) is 23.7. The summed E-state index contributed by atoms with van der Waals surface area (Å²) in [5.74, 6) is -0.518. The Hall–Kier alpha value is -4.08. The van der Waals surface area contributed by atoms with Gasteiger partial charge in [-0.2, -0.15) is 0 Å². The fraction of sp³-hybridized carbons (Fsp3) is 0.148. The minimum absolute atomic E-state index is 0.0178. The number of carbonyl (C=O) groups excluding carboxylic acids is 1. The summed E-state index contributed by atoms with van der Waals surface area (Å²) in [6.07, 6.45) is 3.71. The Kier molecular flexibility index (Phi) is 6.75. The Morgan fingerprint density at radius 2 is 1.81 bits per heavy atom. The van der Waals surface area contributed by atoms with Crippen molar-refractivity contribution in [3.63, 3.8) is 0 Å². The number of hydrogen-bond acceptors (Lipinski definition) is 4. The number of halogens is 1. The minimum Gasteiger partial charge on any atom is -0.375 e. The third kappa shape index (κ3) is 4.71. The van der Waals surface area contributed by atoms with Crippen LogP contribution < -0.4 is 15.5 Å². The summed E-state index contributed by atoms with van der Waals surface area (Å²) in [4.78, 5) is 18.5. The van der Waals surface area contributed by atoms with Gasteiger partial charge in [-0.15, -0.1) is 0 Å². The van der Waals surface area contributed by atoms with Crippen molar-refractivity contribution in [1.82, 2.24) is 14.9 Å². The second-order valence-electron chi connectivity index (χ2n) is 8.30. The maximum Gasteiger partial charge on any atom is 0.250 e. The first-order valence-electron chi connectivity index (χ1n) is 11.4. The predicted octanol–water partition coefficient (Wildman–Crippen LogP) is 4.77. The monoisotopic (exact) mass is 501 g/mol. The van der Waals surface area contributed by atoms with Crippen molar-refractivity contribution in [1.29, 1.82) is 0 Å². The number of thiocarbonyl (C=S) groups is 1. The number of amides is 1. The van der Waals surface area contributed by atoms with E-state index >= 15 is 0 Å². The van der Waals surface area contributed by atoms with Crippen molar-refractivity contribution < 1.29 is 13.9 Å². The van der Waals surface area contributed by atoms with Crippen LogP contribution in [-0.2, 0) is 9.53 Å². The van der Waals surface area contributed by atoms with Crippen LogP contribution in [0.3, 0.4) is 0 Å². The first-order chi connectivity index (χ1) is 17.5. The molecule has 1 saturated heterocycles. The van der Waals surface area contributed by atoms with Gasteiger partial charge in [0.25, 0.3) is 0 Å². The van der Waals surface area contributed by atoms with Gasteiger partial charge in [-0.3, -0.25) is 9.78 Å². The lowest BCUT2D eigenvalue weighted by Gasteiger charge is -2.29. The molecule has 0 saturated carbocycles. The molecular weight excluding hydrogens is 477 g/mol. The zero-order chi connectivity index (χ0) is 25.1. The van der Waals surface area contributed by atoms with Crippen LogP contribution in [0.5, 0.6) is 0 Å². The topological polar surface area (TPSA) is 71.4 Å². The van der Waals surface area contributed by atoms with Gasteiger partial charge in [-0.05, 0) is 85.0 Å². The van der Waals surface area contributed by atoms with Crippen molar-refractivity contribution in [2.24, 2.45) is 0 Å². The van der Waals surface area contributed by atoms with Crippen LogP contribution in [0.1, 0.15) is 23.5 Å². The van der Waals surface area contributed by atoms with E-state index in [1.54, 1.807) is 18.3 Å². The van der Waals surface area contributed by atoms with Crippen molar-refractivity contribution in [2.45, 2.75) is 12.1 Å². The second kappa shape index (κ2) is 10.3. The van der Waals surface area contributed by atoms with Crippen LogP contribution in [0.2, 0.25) is 0 Å². The van der Waals surface area contributed by atoms with Gasteiger partial charge in [-0.25, -0.2) is 4.39 Å². The molecule has 1 aliphatic rings. The molecule has 1 amide bonds. The standard InChI is InChI=1S/C27H24FN5O2S/c1-35-17-24(34)30-19-9-13-21(14-10-19)33-26(25(31-27(33)36)22-5-2-3-15-29-22)23-6-4-16-32(23)20-11-7-18(28)8-12-20/h2-16,25-26H,17H2,1H3,(H,30,34)(H,31,36)/t25-,26+/m1/s1. The molecule has 0 aliphatic carbocycles. The fourth-order valence-electron chi connectivity index (χ4n) is 4.44. The van der Waals surface area contributed by atoms with E-state index in [-0.39, 0.29) is 30.4 Å². The molecule has 1 aliphatic heterocycles. The highest BCUT2D eigenvalue weighted by Gasteiger charge is 2.42. The van der Waals surface area contributed by atoms with Crippen molar-refractivity contribution >= 4 is 34.6 Å². The Balaban J connectivity index is 1.55. The molecule has 182 valence electrons. The maximum atomic E-state index is 13.6. The highest BCUT2D eigenvalue weighted by molar-refractivity contribution is 7.80. The molecule has 4 aromatic rings. The van der Waals surface area contributed by atoms with E-state index in [9.17, 15) is 9.18 Å². The molecule has 3 heterocycles. The smallest absolute Gasteiger partial charge is 0.250 e. The molecular formula is C27H24FN5O2S. The number of carbonyl (C=O) groups is 1. The summed E-state index contributed by atoms with van der Waals surface area (Å²) >= 11 is 5.81. The Morgan fingerprint density at radius 3 is 2.50 bits per heavy atom. The molecule has 2 N–H and O–H groups in total. The van der Waals surface area contributed by atoms with Gasteiger partial charge >= 0.3 is 0 Å². The molecule has 7 nitrogen and oxygen atoms in total. The lowest BCUT2D eigenvalue weighted by atomic mass is 10.0. The molecule has 1 fully saturated rings. The maximum absolute atomic E-state index is 13.6. The molecule has 0 bridgehead atoms. The van der Waals surface area contributed by atoms with Crippen LogP contribution in [-0.4, -0.2) is 34.3 Å². The zero-order valence-corrected chi connectivity index (χ0v) is 20.3. The van der Waals surface area contributed by atoms with Crippen LogP contribution in [0, 0.1) is 5.82 Å². The van der Waals surface area contributed by atoms with Gasteiger partial charge in [0.2, 0.25) is 5.91 Å². The summed E-state index contributed by atoms with van der Waals surface area (Å²) in [5.41, 5.74) is 4.16. The number of methoxy groups -OCH3 is 1. The number of benzene rings is 2. The van der Waals surface area contributed by atoms with Crippen molar-refractivity contribution in [2.75, 3.05) is 23.9 Å². The predicted molar refractivity (Wildman–Crippen MR) is 141 cm³/mol. The zero-order valence-electron chi connectivity index (χ0n) is 19.5. The largest absolute Gasteiger partial charge is 0.375 e. The van der Waals surface area contributed by atoms with E-state index in [4.69, 9.17) is 17.0 Å². The van der Waals surface area contributed by atoms with E-state index in [1.165, 1.54) is 19.2 Å². The third-order valence-electron chi connectivity index (χ3n) is 5.99. The first-order valence-corrected chi connectivity index (χ1v) is 11.8. The summed E-state index contributed by atoms with van der Waals surface area (Å²) in [6, 6.07) is 23.2. The Labute approximate surface area is 213 Å². The van der Waals surface area contributed by atoms with Crippen LogP contribution >= 0.6 is 12.2 Å². The number of anilines is 2. The van der Waals surface area contributed by atoms with Crippen LogP contribution in [0.25, 0.3) is 5.69 Å². The summed E-state index contributed by atoms with van der Waals surface area (Å²) < 4.78 is 20.5. The summed E-state index contributed by atoms with van der Waals surface area (Å²) in [6.45, 7) is -0.0178. The molecule has 0 radical (unpaired) electrons. The summed E-state index contributed by atoms with van der Waals surface area (Å²) in [7, 11) is 1.48. The molecule has 36 heavy (non-hydrogen) atoms. The molecule has 0 spiro atoms. The second-order valence-corrected chi connectivity index (χ2v) is 8.69. The van der Waals surface area contributed by atoms with Gasteiger partial charge < -0.3 is 24.8 Å². The van der Waals surface area contributed by atoms with Crippen molar-refractivity contribution in [3.8, 4) is 5.69 Å². The van der Waals surface area contributed by atoms with Gasteiger partial charge in [0.1, 0.15) is 18.5 Å². The van der Waals surface area contributed by atoms with Gasteiger partial charge in [0.15, 0.2) is 5.11 Å². The summed E-state index contributed by atoms with van der Waals surface area (Å²) in [5, 5.41) is 6.80. The van der Waals surface area contributed by atoms with E-state index in [1.807, 2.05) is 70.3 Å². The SMILES string of the molecule is COCC(=O)Nc1ccc(N2C(=S)N[C@H](c3ccccn3)[C@@H]2c2cccn2-c2ccc(F)cc2)cc1. The fourth-order valence-corrected chi connectivity index (χ4v) is 4.78. The highest BCUT2D eigenvalue weighted by Crippen LogP contribution is 2.42. The molecule has 2 aromatic heterocycles. The molecule has 5 rings (SSSR count). The van der Waals surface area contributed by atoms with Crippen LogP contribution in [0.15, 0.2) is 91.3 Å². The number of pyridine rings is 1. The van der Waals surface area contributed by atoms with Gasteiger partial charge in [0, 0.05) is 42.3 Å². The van der Waals surface area contributed by atoms with Gasteiger partial charge in [-0.1, -0.05) is 6.07 Å². The molecule has 2 aromatic carbocycles. The normalized spacial score (nSPS) is 17.2. The van der Waals surface area contributed by atoms with Crippen molar-refractivity contribution in [3.05, 3.63) is 108 Å². The number of nitrogens with one attached hydrogen (secondary N) is 2. The van der Waals surface area contributed by atoms with Crippen LogP contribution in [0.4, 0.5) is 15.8 Å². The number of nitrogens with zero attached hydrogens (tertiary/aromatic N) is 3. The molecule has 0 unspecified atom stereocenters. The van der Waals surface area contributed by atoms with E-state index in [2.05, 4.69) is 15.6 Å². The Morgan fingerprint density at radius 1 is 1.06 bits per heavy atom. The third-order valence-corrected chi connectivity index (χ3v) is 6.31.